The topological polar surface area (TPSA) is 199 Å². The van der Waals surface area contributed by atoms with Gasteiger partial charge < -0.3 is 31.9 Å². The Labute approximate surface area is 326 Å². The third kappa shape index (κ3) is 11.7. The Hall–Kier alpha value is -4.12. The summed E-state index contributed by atoms with van der Waals surface area (Å²) in [6, 6.07) is 15.3. The summed E-state index contributed by atoms with van der Waals surface area (Å²) in [5, 5.41) is 22.5. The minimum atomic E-state index is -0.920. The second-order valence-corrected chi connectivity index (χ2v) is 17.9. The molecule has 294 valence electrons. The van der Waals surface area contributed by atoms with Crippen LogP contribution in [0.25, 0.3) is 0 Å². The highest BCUT2D eigenvalue weighted by Crippen LogP contribution is 2.40. The molecule has 6 amide bonds. The van der Waals surface area contributed by atoms with Crippen molar-refractivity contribution in [2.75, 3.05) is 26.2 Å². The molecule has 54 heavy (non-hydrogen) atoms. The Morgan fingerprint density at radius 3 is 1.28 bits per heavy atom. The Balaban J connectivity index is 1.30. The smallest absolute Gasteiger partial charge is 0.245 e. The maximum atomic E-state index is 13.5. The number of benzene rings is 2. The summed E-state index contributed by atoms with van der Waals surface area (Å²) in [5.74, 6) is -1.92. The molecule has 14 nitrogen and oxygen atoms in total. The first-order valence-corrected chi connectivity index (χ1v) is 20.1. The molecule has 0 spiro atoms. The molecule has 2 aromatic rings. The Bertz CT molecular complexity index is 1510. The van der Waals surface area contributed by atoms with Crippen LogP contribution in [0.5, 0.6) is 0 Å². The van der Waals surface area contributed by atoms with E-state index in [2.05, 4.69) is 42.5 Å². The van der Waals surface area contributed by atoms with Crippen molar-refractivity contribution in [1.82, 2.24) is 42.5 Å². The van der Waals surface area contributed by atoms with Crippen LogP contribution in [0.3, 0.4) is 0 Å². The van der Waals surface area contributed by atoms with Gasteiger partial charge in [0.25, 0.3) is 0 Å². The molecule has 16 heteroatoms. The first-order chi connectivity index (χ1) is 25.6. The Morgan fingerprint density at radius 2 is 0.944 bits per heavy atom. The van der Waals surface area contributed by atoms with Gasteiger partial charge in [-0.15, -0.1) is 23.5 Å². The molecule has 2 aromatic carbocycles. The van der Waals surface area contributed by atoms with Crippen molar-refractivity contribution in [3.8, 4) is 0 Å². The normalized spacial score (nSPS) is 22.3. The molecule has 0 aromatic heterocycles. The molecule has 2 aliphatic rings. The van der Waals surface area contributed by atoms with Crippen molar-refractivity contribution in [3.63, 3.8) is 0 Å². The van der Waals surface area contributed by atoms with E-state index in [1.807, 2.05) is 88.4 Å². The average molecular weight is 783 g/mol. The highest BCUT2D eigenvalue weighted by molar-refractivity contribution is 8.01. The third-order valence-electron chi connectivity index (χ3n) is 9.08. The number of likely N-dealkylation sites (N-methyl/N-ethyl adjacent to an activating group) is 2. The van der Waals surface area contributed by atoms with Crippen molar-refractivity contribution >= 4 is 59.0 Å². The lowest BCUT2D eigenvalue weighted by Gasteiger charge is -2.25. The van der Waals surface area contributed by atoms with E-state index >= 15 is 0 Å². The van der Waals surface area contributed by atoms with Crippen LogP contribution in [0.15, 0.2) is 60.7 Å². The Kier molecular flexibility index (Phi) is 15.4. The van der Waals surface area contributed by atoms with E-state index in [1.54, 1.807) is 13.8 Å². The molecule has 2 fully saturated rings. The van der Waals surface area contributed by atoms with E-state index in [0.717, 1.165) is 11.1 Å². The summed E-state index contributed by atoms with van der Waals surface area (Å²) in [7, 11) is 0. The first kappa shape index (κ1) is 42.6. The molecule has 4 rings (SSSR count). The molecule has 2 heterocycles. The van der Waals surface area contributed by atoms with Gasteiger partial charge in [-0.3, -0.25) is 39.4 Å². The second-order valence-electron chi connectivity index (χ2n) is 14.3. The van der Waals surface area contributed by atoms with Gasteiger partial charge in [0.05, 0.1) is 23.6 Å². The summed E-state index contributed by atoms with van der Waals surface area (Å²) in [4.78, 5) is 79.0. The molecular weight excluding hydrogens is 729 g/mol. The van der Waals surface area contributed by atoms with Gasteiger partial charge in [0.2, 0.25) is 35.4 Å². The molecule has 0 unspecified atom stereocenters. The molecule has 0 aliphatic carbocycles. The summed E-state index contributed by atoms with van der Waals surface area (Å²) in [6.45, 7) is 12.2. The minimum absolute atomic E-state index is 0.111. The first-order valence-electron chi connectivity index (χ1n) is 18.3. The minimum Gasteiger partial charge on any atom is -0.355 e. The molecule has 0 saturated carbocycles. The monoisotopic (exact) mass is 782 g/mol. The lowest BCUT2D eigenvalue weighted by molar-refractivity contribution is -0.129. The maximum absolute atomic E-state index is 13.5. The number of nitrogens with one attached hydrogen (secondary N) is 8. The predicted octanol–water partition coefficient (Wildman–Crippen LogP) is 0.565. The molecule has 6 atom stereocenters. The number of hydrogen-bond acceptors (Lipinski definition) is 10. The molecular formula is C38H54N8O6S2. The van der Waals surface area contributed by atoms with Crippen LogP contribution in [0.4, 0.5) is 0 Å². The van der Waals surface area contributed by atoms with Crippen molar-refractivity contribution < 1.29 is 28.8 Å². The standard InChI is InChI=1S/C38H54N8O6S2/c1-7-39-31(49)27(43-25(47)21-23-15-11-9-12-16-23)35-45-29(37(3,4)53-35)33(51)41-19-20-42-34(52)30-38(5,6)54-36(46-30)28(32(50)40-8-2)44-26(48)22-24-17-13-10-14-18-24/h9-18,27-30,35-36,45-46H,7-8,19-22H2,1-6H3,(H,39,49)(H,40,50)(H,41,51)(H,42,52)(H,43,47)(H,44,48)/t27-,28-,29-,30-,35+,36+/m0/s1. The van der Waals surface area contributed by atoms with Gasteiger partial charge in [0.15, 0.2) is 0 Å². The SMILES string of the molecule is CCNC(=O)[C@H](NC(=O)Cc1ccccc1)[C@@H]1N[C@@H](C(=O)NCCNC(=O)[C@@H]2N[C@@H]([C@@H](NC(=O)Cc3ccccc3)C(=O)NCC)SC2(C)C)C(C)(C)S1. The van der Waals surface area contributed by atoms with E-state index < -0.39 is 44.4 Å². The van der Waals surface area contributed by atoms with Crippen molar-refractivity contribution in [1.29, 1.82) is 0 Å². The van der Waals surface area contributed by atoms with Crippen LogP contribution in [0.2, 0.25) is 0 Å². The van der Waals surface area contributed by atoms with Crippen LogP contribution < -0.4 is 42.5 Å². The van der Waals surface area contributed by atoms with Crippen LogP contribution in [0, 0.1) is 0 Å². The predicted molar refractivity (Wildman–Crippen MR) is 212 cm³/mol. The van der Waals surface area contributed by atoms with Crippen LogP contribution in [-0.4, -0.2) is 106 Å². The third-order valence-corrected chi connectivity index (χ3v) is 12.1. The van der Waals surface area contributed by atoms with Gasteiger partial charge in [-0.1, -0.05) is 60.7 Å². The molecule has 8 N–H and O–H groups in total. The zero-order chi connectivity index (χ0) is 39.5. The number of rotatable bonds is 17. The number of thioether (sulfide) groups is 2. The largest absolute Gasteiger partial charge is 0.355 e. The quantitative estimate of drug-likeness (QED) is 0.105. The van der Waals surface area contributed by atoms with Gasteiger partial charge in [0, 0.05) is 35.7 Å². The maximum Gasteiger partial charge on any atom is 0.245 e. The molecule has 0 bridgehead atoms. The van der Waals surface area contributed by atoms with E-state index in [9.17, 15) is 28.8 Å². The zero-order valence-electron chi connectivity index (χ0n) is 31.7. The summed E-state index contributed by atoms with van der Waals surface area (Å²) in [6.07, 6.45) is 0.223. The average Bonchev–Trinajstić information content (AvgIpc) is 3.62. The second kappa shape index (κ2) is 19.5. The fraction of sp³-hybridized carbons (Fsp3) is 0.526. The van der Waals surface area contributed by atoms with E-state index in [1.165, 1.54) is 23.5 Å². The summed E-state index contributed by atoms with van der Waals surface area (Å²) in [5.41, 5.74) is 1.64. The highest BCUT2D eigenvalue weighted by atomic mass is 32.2. The van der Waals surface area contributed by atoms with Crippen LogP contribution >= 0.6 is 23.5 Å². The Morgan fingerprint density at radius 1 is 0.593 bits per heavy atom. The van der Waals surface area contributed by atoms with E-state index in [4.69, 9.17) is 0 Å². The molecule has 0 radical (unpaired) electrons. The van der Waals surface area contributed by atoms with E-state index in [-0.39, 0.29) is 61.4 Å². The highest BCUT2D eigenvalue weighted by Gasteiger charge is 2.50. The van der Waals surface area contributed by atoms with Gasteiger partial charge >= 0.3 is 0 Å². The van der Waals surface area contributed by atoms with Gasteiger partial charge in [-0.25, -0.2) is 0 Å². The van der Waals surface area contributed by atoms with Crippen LogP contribution in [0.1, 0.15) is 52.7 Å². The fourth-order valence-corrected chi connectivity index (χ4v) is 9.41. The molecule has 2 aliphatic heterocycles. The molecule has 2 saturated heterocycles. The van der Waals surface area contributed by atoms with Gasteiger partial charge in [-0.05, 0) is 52.7 Å². The van der Waals surface area contributed by atoms with Crippen molar-refractivity contribution in [2.45, 2.75) is 98.8 Å². The summed E-state index contributed by atoms with van der Waals surface area (Å²) < 4.78 is -1.26. The number of carbonyl (C=O) groups is 6. The lowest BCUT2D eigenvalue weighted by atomic mass is 10.0. The van der Waals surface area contributed by atoms with Crippen molar-refractivity contribution in [2.24, 2.45) is 0 Å². The number of carbonyl (C=O) groups excluding carboxylic acids is 6. The van der Waals surface area contributed by atoms with Gasteiger partial charge in [0.1, 0.15) is 24.2 Å². The summed E-state index contributed by atoms with van der Waals surface area (Å²) >= 11 is 2.81. The van der Waals surface area contributed by atoms with Gasteiger partial charge in [-0.2, -0.15) is 0 Å². The van der Waals surface area contributed by atoms with Crippen LogP contribution in [-0.2, 0) is 41.6 Å². The van der Waals surface area contributed by atoms with Crippen molar-refractivity contribution in [3.05, 3.63) is 71.8 Å². The number of hydrogen-bond donors (Lipinski definition) is 8. The van der Waals surface area contributed by atoms with E-state index in [0.29, 0.717) is 13.1 Å². The number of amides is 6. The lowest BCUT2D eigenvalue weighted by Crippen LogP contribution is -2.59. The fourth-order valence-electron chi connectivity index (χ4n) is 6.41. The zero-order valence-corrected chi connectivity index (χ0v) is 33.4.